The highest BCUT2D eigenvalue weighted by atomic mass is 35.5. The van der Waals surface area contributed by atoms with Crippen LogP contribution in [-0.2, 0) is 4.79 Å². The number of nitrogens with zero attached hydrogens (tertiary/aromatic N) is 1. The molecule has 0 spiro atoms. The fourth-order valence-corrected chi connectivity index (χ4v) is 3.11. The number of fused-ring (bicyclic) bond motifs is 1. The third kappa shape index (κ3) is 4.21. The summed E-state index contributed by atoms with van der Waals surface area (Å²) in [7, 11) is 0. The van der Waals surface area contributed by atoms with Gasteiger partial charge in [-0.3, -0.25) is 4.79 Å². The van der Waals surface area contributed by atoms with Gasteiger partial charge in [0.05, 0.1) is 5.02 Å². The molecule has 1 atom stereocenters. The number of anilines is 1. The van der Waals surface area contributed by atoms with Crippen molar-refractivity contribution in [1.29, 1.82) is 0 Å². The Morgan fingerprint density at radius 2 is 1.86 bits per heavy atom. The van der Waals surface area contributed by atoms with Gasteiger partial charge in [-0.25, -0.2) is 4.98 Å². The Morgan fingerprint density at radius 1 is 1.07 bits per heavy atom. The lowest BCUT2D eigenvalue weighted by Gasteiger charge is -2.16. The van der Waals surface area contributed by atoms with E-state index in [2.05, 4.69) is 10.3 Å². The Labute approximate surface area is 177 Å². The lowest BCUT2D eigenvalue weighted by atomic mass is 10.2. The third-order valence-electron chi connectivity index (χ3n) is 4.26. The van der Waals surface area contributed by atoms with E-state index in [9.17, 15) is 4.79 Å². The summed E-state index contributed by atoms with van der Waals surface area (Å²) in [6, 6.07) is 19.9. The molecule has 29 heavy (non-hydrogen) atoms. The topological polar surface area (TPSA) is 64.4 Å². The van der Waals surface area contributed by atoms with E-state index in [0.29, 0.717) is 33.4 Å². The minimum atomic E-state index is -0.779. The van der Waals surface area contributed by atoms with Crippen molar-refractivity contribution in [1.82, 2.24) is 4.98 Å². The zero-order valence-corrected chi connectivity index (χ0v) is 16.9. The molecular formula is C22H16Cl2N2O3. The molecule has 3 aromatic carbocycles. The van der Waals surface area contributed by atoms with Gasteiger partial charge in [0.2, 0.25) is 5.89 Å². The van der Waals surface area contributed by atoms with Gasteiger partial charge in [0.25, 0.3) is 5.91 Å². The summed E-state index contributed by atoms with van der Waals surface area (Å²) >= 11 is 12.1. The molecule has 4 aromatic rings. The van der Waals surface area contributed by atoms with Crippen LogP contribution in [0.3, 0.4) is 0 Å². The van der Waals surface area contributed by atoms with Crippen molar-refractivity contribution in [2.75, 3.05) is 5.32 Å². The number of hydrogen-bond acceptors (Lipinski definition) is 4. The van der Waals surface area contributed by atoms with E-state index in [1.807, 2.05) is 30.3 Å². The summed E-state index contributed by atoms with van der Waals surface area (Å²) in [5, 5.41) is 3.45. The van der Waals surface area contributed by atoms with E-state index in [1.165, 1.54) is 0 Å². The van der Waals surface area contributed by atoms with Gasteiger partial charge in [-0.1, -0.05) is 47.5 Å². The summed E-state index contributed by atoms with van der Waals surface area (Å²) < 4.78 is 11.4. The number of oxazole rings is 1. The van der Waals surface area contributed by atoms with Gasteiger partial charge in [0.15, 0.2) is 11.7 Å². The molecule has 1 unspecified atom stereocenters. The molecule has 0 bridgehead atoms. The van der Waals surface area contributed by atoms with Crippen molar-refractivity contribution < 1.29 is 13.9 Å². The molecule has 0 aliphatic carbocycles. The van der Waals surface area contributed by atoms with Gasteiger partial charge in [-0.15, -0.1) is 0 Å². The number of ether oxygens (including phenoxy) is 1. The standard InChI is InChI=1S/C22H16Cl2N2O3/c1-13(28-19-9-5-8-16(23)20(19)24)21(27)25-15-10-11-18-17(12-15)26-22(29-18)14-6-3-2-4-7-14/h2-13H,1H3,(H,25,27). The van der Waals surface area contributed by atoms with Gasteiger partial charge >= 0.3 is 0 Å². The molecule has 1 heterocycles. The van der Waals surface area contributed by atoms with Crippen LogP contribution < -0.4 is 10.1 Å². The van der Waals surface area contributed by atoms with Crippen molar-refractivity contribution in [3.05, 3.63) is 76.8 Å². The van der Waals surface area contributed by atoms with Gasteiger partial charge in [0, 0.05) is 11.3 Å². The Morgan fingerprint density at radius 3 is 2.66 bits per heavy atom. The summed E-state index contributed by atoms with van der Waals surface area (Å²) in [6.07, 6.45) is -0.779. The molecule has 0 radical (unpaired) electrons. The Balaban J connectivity index is 1.49. The number of carbonyl (C=O) groups is 1. The summed E-state index contributed by atoms with van der Waals surface area (Å²) in [5.74, 6) is 0.546. The lowest BCUT2D eigenvalue weighted by Crippen LogP contribution is -2.30. The van der Waals surface area contributed by atoms with Crippen LogP contribution in [0.15, 0.2) is 71.1 Å². The number of hydrogen-bond donors (Lipinski definition) is 1. The second-order valence-electron chi connectivity index (χ2n) is 6.37. The normalized spacial score (nSPS) is 12.0. The Hall–Kier alpha value is -3.02. The minimum Gasteiger partial charge on any atom is -0.479 e. The van der Waals surface area contributed by atoms with E-state index in [-0.39, 0.29) is 10.9 Å². The van der Waals surface area contributed by atoms with Crippen LogP contribution >= 0.6 is 23.2 Å². The first-order valence-corrected chi connectivity index (χ1v) is 9.64. The highest BCUT2D eigenvalue weighted by Crippen LogP contribution is 2.32. The number of halogens is 2. The zero-order chi connectivity index (χ0) is 20.4. The molecule has 146 valence electrons. The molecule has 1 amide bonds. The summed E-state index contributed by atoms with van der Waals surface area (Å²) in [6.45, 7) is 1.63. The number of benzene rings is 3. The number of rotatable bonds is 5. The number of nitrogens with one attached hydrogen (secondary N) is 1. The van der Waals surface area contributed by atoms with Gasteiger partial charge < -0.3 is 14.5 Å². The first-order chi connectivity index (χ1) is 14.0. The maximum Gasteiger partial charge on any atom is 0.265 e. The van der Waals surface area contributed by atoms with Crippen molar-refractivity contribution in [3.63, 3.8) is 0 Å². The molecule has 0 saturated heterocycles. The highest BCUT2D eigenvalue weighted by molar-refractivity contribution is 6.42. The maximum absolute atomic E-state index is 12.5. The van der Waals surface area contributed by atoms with Crippen LogP contribution in [0.1, 0.15) is 6.92 Å². The van der Waals surface area contributed by atoms with Gasteiger partial charge in [-0.2, -0.15) is 0 Å². The smallest absolute Gasteiger partial charge is 0.265 e. The van der Waals surface area contributed by atoms with Gasteiger partial charge in [-0.05, 0) is 49.4 Å². The molecule has 1 aromatic heterocycles. The lowest BCUT2D eigenvalue weighted by molar-refractivity contribution is -0.122. The largest absolute Gasteiger partial charge is 0.479 e. The predicted molar refractivity (Wildman–Crippen MR) is 115 cm³/mol. The predicted octanol–water partition coefficient (Wildman–Crippen LogP) is 6.21. The third-order valence-corrected chi connectivity index (χ3v) is 5.07. The van der Waals surface area contributed by atoms with Crippen LogP contribution in [0.4, 0.5) is 5.69 Å². The minimum absolute atomic E-state index is 0.270. The van der Waals surface area contributed by atoms with Crippen LogP contribution in [0.2, 0.25) is 10.0 Å². The fourth-order valence-electron chi connectivity index (χ4n) is 2.77. The van der Waals surface area contributed by atoms with Crippen molar-refractivity contribution in [2.45, 2.75) is 13.0 Å². The molecule has 4 rings (SSSR count). The maximum atomic E-state index is 12.5. The average molecular weight is 427 g/mol. The molecular weight excluding hydrogens is 411 g/mol. The quantitative estimate of drug-likeness (QED) is 0.412. The molecule has 1 N–H and O–H groups in total. The van der Waals surface area contributed by atoms with Crippen molar-refractivity contribution in [2.24, 2.45) is 0 Å². The highest BCUT2D eigenvalue weighted by Gasteiger charge is 2.18. The Bertz CT molecular complexity index is 1180. The molecule has 0 aliphatic heterocycles. The molecule has 7 heteroatoms. The number of carbonyl (C=O) groups excluding carboxylic acids is 1. The zero-order valence-electron chi connectivity index (χ0n) is 15.4. The number of aromatic nitrogens is 1. The van der Waals surface area contributed by atoms with Crippen LogP contribution in [0.25, 0.3) is 22.6 Å². The van der Waals surface area contributed by atoms with E-state index < -0.39 is 6.10 Å². The fraction of sp³-hybridized carbons (Fsp3) is 0.0909. The average Bonchev–Trinajstić information content (AvgIpc) is 3.15. The molecule has 0 aliphatic rings. The van der Waals surface area contributed by atoms with Gasteiger partial charge in [0.1, 0.15) is 16.3 Å². The van der Waals surface area contributed by atoms with Crippen LogP contribution in [-0.4, -0.2) is 17.0 Å². The second kappa shape index (κ2) is 8.15. The van der Waals surface area contributed by atoms with E-state index in [4.69, 9.17) is 32.4 Å². The molecule has 0 fully saturated rings. The molecule has 0 saturated carbocycles. The number of amides is 1. The van der Waals surface area contributed by atoms with Crippen molar-refractivity contribution in [3.8, 4) is 17.2 Å². The second-order valence-corrected chi connectivity index (χ2v) is 7.15. The molecule has 5 nitrogen and oxygen atoms in total. The summed E-state index contributed by atoms with van der Waals surface area (Å²) in [4.78, 5) is 17.0. The Kier molecular flexibility index (Phi) is 5.43. The monoisotopic (exact) mass is 426 g/mol. The van der Waals surface area contributed by atoms with Crippen LogP contribution in [0, 0.1) is 0 Å². The summed E-state index contributed by atoms with van der Waals surface area (Å²) in [5.41, 5.74) is 2.75. The van der Waals surface area contributed by atoms with E-state index >= 15 is 0 Å². The van der Waals surface area contributed by atoms with E-state index in [0.717, 1.165) is 5.56 Å². The van der Waals surface area contributed by atoms with Crippen LogP contribution in [0.5, 0.6) is 5.75 Å². The van der Waals surface area contributed by atoms with E-state index in [1.54, 1.807) is 43.3 Å². The van der Waals surface area contributed by atoms with Crippen molar-refractivity contribution >= 4 is 45.9 Å². The first-order valence-electron chi connectivity index (χ1n) is 8.89. The first kappa shape index (κ1) is 19.3. The SMILES string of the molecule is CC(Oc1cccc(Cl)c1Cl)C(=O)Nc1ccc2oc(-c3ccccc3)nc2c1.